The molecule has 0 aromatic rings. The van der Waals surface area contributed by atoms with Gasteiger partial charge < -0.3 is 9.84 Å². The highest BCUT2D eigenvalue weighted by molar-refractivity contribution is 5.78. The Morgan fingerprint density at radius 2 is 1.09 bits per heavy atom. The number of carboxylic acid groups (broad SMARTS) is 1. The molecule has 4 heteroatoms. The van der Waals surface area contributed by atoms with Gasteiger partial charge in [-0.25, -0.2) is 0 Å². The highest BCUT2D eigenvalue weighted by Gasteiger charge is 2.21. The predicted octanol–water partition coefficient (Wildman–Crippen LogP) is 9.41. The first-order valence-electron chi connectivity index (χ1n) is 14.6. The zero-order chi connectivity index (χ0) is 25.1. The van der Waals surface area contributed by atoms with Crippen molar-refractivity contribution in [1.29, 1.82) is 0 Å². The van der Waals surface area contributed by atoms with Gasteiger partial charge in [-0.1, -0.05) is 122 Å². The summed E-state index contributed by atoms with van der Waals surface area (Å²) in [6, 6.07) is 0. The zero-order valence-electron chi connectivity index (χ0n) is 22.7. The SMILES string of the molecule is CCCCCCC/C=C/CCCCCCCCCCCCCCC(CC(=O)OCCC)C(=O)O. The molecule has 4 nitrogen and oxygen atoms in total. The normalized spacial score (nSPS) is 12.3. The fraction of sp³-hybridized carbons (Fsp3) is 0.867. The maximum atomic E-state index is 11.6. The van der Waals surface area contributed by atoms with Crippen LogP contribution in [0.25, 0.3) is 0 Å². The molecule has 0 saturated heterocycles. The molecule has 0 aliphatic carbocycles. The zero-order valence-corrected chi connectivity index (χ0v) is 22.7. The van der Waals surface area contributed by atoms with Crippen molar-refractivity contribution in [2.75, 3.05) is 6.61 Å². The Kier molecular flexibility index (Phi) is 25.3. The van der Waals surface area contributed by atoms with Gasteiger partial charge in [0.15, 0.2) is 0 Å². The summed E-state index contributed by atoms with van der Waals surface area (Å²) in [7, 11) is 0. The highest BCUT2D eigenvalue weighted by atomic mass is 16.5. The molecule has 0 aliphatic rings. The van der Waals surface area contributed by atoms with Crippen molar-refractivity contribution in [3.63, 3.8) is 0 Å². The van der Waals surface area contributed by atoms with Crippen LogP contribution in [0, 0.1) is 5.92 Å². The summed E-state index contributed by atoms with van der Waals surface area (Å²) in [5.41, 5.74) is 0. The minimum atomic E-state index is -0.877. The summed E-state index contributed by atoms with van der Waals surface area (Å²) in [5.74, 6) is -1.85. The Morgan fingerprint density at radius 3 is 1.53 bits per heavy atom. The molecule has 1 N–H and O–H groups in total. The number of carboxylic acids is 1. The van der Waals surface area contributed by atoms with Gasteiger partial charge in [0.25, 0.3) is 0 Å². The molecule has 0 aliphatic heterocycles. The number of rotatable bonds is 26. The Labute approximate surface area is 211 Å². The van der Waals surface area contributed by atoms with Crippen LogP contribution in [0.3, 0.4) is 0 Å². The lowest BCUT2D eigenvalue weighted by molar-refractivity contribution is -0.151. The van der Waals surface area contributed by atoms with Gasteiger partial charge in [0, 0.05) is 0 Å². The van der Waals surface area contributed by atoms with E-state index in [-0.39, 0.29) is 12.4 Å². The molecular formula is C30H56O4. The first-order chi connectivity index (χ1) is 16.6. The summed E-state index contributed by atoms with van der Waals surface area (Å²) in [6.45, 7) is 4.58. The average Bonchev–Trinajstić information content (AvgIpc) is 2.82. The van der Waals surface area contributed by atoms with E-state index in [0.29, 0.717) is 13.0 Å². The molecule has 1 atom stereocenters. The summed E-state index contributed by atoms with van der Waals surface area (Å²) in [5, 5.41) is 9.30. The molecule has 0 radical (unpaired) electrons. The van der Waals surface area contributed by atoms with Gasteiger partial charge in [-0.05, 0) is 38.5 Å². The van der Waals surface area contributed by atoms with Crippen molar-refractivity contribution in [2.24, 2.45) is 5.92 Å². The van der Waals surface area contributed by atoms with E-state index in [0.717, 1.165) is 19.3 Å². The topological polar surface area (TPSA) is 63.6 Å². The Hall–Kier alpha value is -1.32. The lowest BCUT2D eigenvalue weighted by Crippen LogP contribution is -2.19. The molecule has 0 aromatic heterocycles. The average molecular weight is 481 g/mol. The third-order valence-corrected chi connectivity index (χ3v) is 6.54. The van der Waals surface area contributed by atoms with Gasteiger partial charge in [-0.3, -0.25) is 9.59 Å². The van der Waals surface area contributed by atoms with E-state index < -0.39 is 11.9 Å². The predicted molar refractivity (Wildman–Crippen MR) is 144 cm³/mol. The molecule has 1 unspecified atom stereocenters. The maximum Gasteiger partial charge on any atom is 0.307 e. The van der Waals surface area contributed by atoms with Gasteiger partial charge in [0.05, 0.1) is 18.9 Å². The van der Waals surface area contributed by atoms with Gasteiger partial charge in [0.2, 0.25) is 0 Å². The van der Waals surface area contributed by atoms with E-state index >= 15 is 0 Å². The monoisotopic (exact) mass is 480 g/mol. The summed E-state index contributed by atoms with van der Waals surface area (Å²) in [4.78, 5) is 23.0. The van der Waals surface area contributed by atoms with Crippen LogP contribution in [-0.2, 0) is 14.3 Å². The second kappa shape index (κ2) is 26.3. The summed E-state index contributed by atoms with van der Waals surface area (Å²) >= 11 is 0. The number of ether oxygens (including phenoxy) is 1. The van der Waals surface area contributed by atoms with Crippen LogP contribution in [0.15, 0.2) is 12.2 Å². The molecule has 0 heterocycles. The van der Waals surface area contributed by atoms with Gasteiger partial charge >= 0.3 is 11.9 Å². The number of hydrogen-bond donors (Lipinski definition) is 1. The second-order valence-corrected chi connectivity index (χ2v) is 9.95. The molecule has 0 aromatic carbocycles. The van der Waals surface area contributed by atoms with Crippen LogP contribution >= 0.6 is 0 Å². The Bertz CT molecular complexity index is 486. The highest BCUT2D eigenvalue weighted by Crippen LogP contribution is 2.17. The van der Waals surface area contributed by atoms with Crippen LogP contribution in [0.4, 0.5) is 0 Å². The van der Waals surface area contributed by atoms with Crippen molar-refractivity contribution >= 4 is 11.9 Å². The van der Waals surface area contributed by atoms with Gasteiger partial charge in [-0.2, -0.15) is 0 Å². The molecule has 0 fully saturated rings. The fourth-order valence-electron chi connectivity index (χ4n) is 4.31. The summed E-state index contributed by atoms with van der Waals surface area (Å²) < 4.78 is 5.02. The molecular weight excluding hydrogens is 424 g/mol. The molecule has 34 heavy (non-hydrogen) atoms. The quantitative estimate of drug-likeness (QED) is 0.0760. The number of hydrogen-bond acceptors (Lipinski definition) is 3. The van der Waals surface area contributed by atoms with Gasteiger partial charge in [0.1, 0.15) is 0 Å². The van der Waals surface area contributed by atoms with E-state index in [9.17, 15) is 14.7 Å². The fourth-order valence-corrected chi connectivity index (χ4v) is 4.31. The van der Waals surface area contributed by atoms with E-state index in [4.69, 9.17) is 4.74 Å². The van der Waals surface area contributed by atoms with Crippen molar-refractivity contribution in [2.45, 2.75) is 155 Å². The maximum absolute atomic E-state index is 11.6. The smallest absolute Gasteiger partial charge is 0.307 e. The standard InChI is InChI=1S/C30H56O4/c1-3-5-6-7-8-9-10-11-12-13-14-15-16-17-18-19-20-21-22-23-24-25-28(30(32)33)27-29(31)34-26-4-2/h10-11,28H,3-9,12-27H2,1-2H3,(H,32,33)/b11-10+. The molecule has 0 amide bonds. The van der Waals surface area contributed by atoms with E-state index in [1.807, 2.05) is 6.92 Å². The lowest BCUT2D eigenvalue weighted by Gasteiger charge is -2.11. The van der Waals surface area contributed by atoms with Crippen LogP contribution in [0.1, 0.15) is 155 Å². The first kappa shape index (κ1) is 32.7. The number of unbranched alkanes of at least 4 members (excludes halogenated alkanes) is 17. The molecule has 0 saturated carbocycles. The minimum absolute atomic E-state index is 0.00519. The van der Waals surface area contributed by atoms with Crippen LogP contribution < -0.4 is 0 Å². The molecule has 0 bridgehead atoms. The molecule has 200 valence electrons. The number of esters is 1. The van der Waals surface area contributed by atoms with Crippen molar-refractivity contribution in [3.8, 4) is 0 Å². The molecule has 0 rings (SSSR count). The second-order valence-electron chi connectivity index (χ2n) is 9.95. The Balaban J connectivity index is 3.38. The van der Waals surface area contributed by atoms with Gasteiger partial charge in [-0.15, -0.1) is 0 Å². The van der Waals surface area contributed by atoms with Crippen LogP contribution in [0.2, 0.25) is 0 Å². The van der Waals surface area contributed by atoms with E-state index in [1.54, 1.807) is 0 Å². The number of carbonyl (C=O) groups excluding carboxylic acids is 1. The molecule has 0 spiro atoms. The number of aliphatic carboxylic acids is 1. The van der Waals surface area contributed by atoms with E-state index in [2.05, 4.69) is 19.1 Å². The largest absolute Gasteiger partial charge is 0.481 e. The van der Waals surface area contributed by atoms with Crippen molar-refractivity contribution in [3.05, 3.63) is 12.2 Å². The lowest BCUT2D eigenvalue weighted by atomic mass is 9.97. The first-order valence-corrected chi connectivity index (χ1v) is 14.6. The summed E-state index contributed by atoms with van der Waals surface area (Å²) in [6.07, 6.45) is 30.6. The third-order valence-electron chi connectivity index (χ3n) is 6.54. The van der Waals surface area contributed by atoms with Crippen molar-refractivity contribution < 1.29 is 19.4 Å². The Morgan fingerprint density at radius 1 is 0.647 bits per heavy atom. The van der Waals surface area contributed by atoms with Crippen molar-refractivity contribution in [1.82, 2.24) is 0 Å². The van der Waals surface area contributed by atoms with E-state index in [1.165, 1.54) is 109 Å². The van der Waals surface area contributed by atoms with Crippen LogP contribution in [-0.4, -0.2) is 23.7 Å². The minimum Gasteiger partial charge on any atom is -0.481 e. The number of allylic oxidation sites excluding steroid dienone is 2. The number of carbonyl (C=O) groups is 2. The third kappa shape index (κ3) is 23.8. The van der Waals surface area contributed by atoms with Crippen LogP contribution in [0.5, 0.6) is 0 Å².